The van der Waals surface area contributed by atoms with E-state index in [1.165, 1.54) is 4.90 Å². The van der Waals surface area contributed by atoms with Gasteiger partial charge < -0.3 is 11.5 Å². The zero-order chi connectivity index (χ0) is 18.2. The van der Waals surface area contributed by atoms with E-state index in [1.807, 2.05) is 37.3 Å². The molecule has 1 aliphatic heterocycles. The van der Waals surface area contributed by atoms with Crippen LogP contribution in [0.4, 0.5) is 0 Å². The third-order valence-corrected chi connectivity index (χ3v) is 4.54. The first kappa shape index (κ1) is 16.7. The largest absolute Gasteiger partial charge is 0.369 e. The molecule has 0 saturated heterocycles. The maximum absolute atomic E-state index is 12.2. The minimum atomic E-state index is -0.717. The molecule has 1 atom stereocenters. The minimum absolute atomic E-state index is 0.0730. The third kappa shape index (κ3) is 3.10. The fourth-order valence-electron chi connectivity index (χ4n) is 2.96. The van der Waals surface area contributed by atoms with Gasteiger partial charge in [-0.2, -0.15) is 0 Å². The average Bonchev–Trinajstić information content (AvgIpc) is 2.60. The van der Waals surface area contributed by atoms with Crippen molar-refractivity contribution in [2.24, 2.45) is 16.5 Å². The maximum Gasteiger partial charge on any atom is 0.248 e. The molecule has 0 saturated carbocycles. The number of carbonyl (C=O) groups excluding carboxylic acids is 2. The first-order valence-corrected chi connectivity index (χ1v) is 7.93. The molecule has 0 radical (unpaired) electrons. The molecule has 1 aliphatic rings. The van der Waals surface area contributed by atoms with Gasteiger partial charge in [-0.15, -0.1) is 0 Å². The molecule has 3 rings (SSSR count). The molecule has 0 bridgehead atoms. The summed E-state index contributed by atoms with van der Waals surface area (Å²) in [7, 11) is 1.62. The van der Waals surface area contributed by atoms with Crippen molar-refractivity contribution in [3.8, 4) is 11.1 Å². The molecule has 4 N–H and O–H groups in total. The molecule has 0 fully saturated rings. The number of benzene rings is 2. The number of carbonyl (C=O) groups is 2. The molecule has 6 nitrogen and oxygen atoms in total. The Bertz CT molecular complexity index is 890. The molecule has 25 heavy (non-hydrogen) atoms. The summed E-state index contributed by atoms with van der Waals surface area (Å²) in [5.41, 5.74) is 13.7. The molecule has 2 amide bonds. The van der Waals surface area contributed by atoms with Gasteiger partial charge in [0.25, 0.3) is 0 Å². The highest BCUT2D eigenvalue weighted by Crippen LogP contribution is 2.35. The second-order valence-electron chi connectivity index (χ2n) is 6.40. The van der Waals surface area contributed by atoms with Crippen molar-refractivity contribution in [2.45, 2.75) is 18.9 Å². The van der Waals surface area contributed by atoms with E-state index < -0.39 is 11.4 Å². The molecular formula is C19H20N4O2. The number of nitrogens with zero attached hydrogens (tertiary/aromatic N) is 2. The van der Waals surface area contributed by atoms with Gasteiger partial charge >= 0.3 is 0 Å². The van der Waals surface area contributed by atoms with Crippen LogP contribution in [-0.4, -0.2) is 29.7 Å². The zero-order valence-corrected chi connectivity index (χ0v) is 14.2. The highest BCUT2D eigenvalue weighted by atomic mass is 16.2. The first-order valence-electron chi connectivity index (χ1n) is 7.93. The van der Waals surface area contributed by atoms with E-state index in [0.717, 1.165) is 16.7 Å². The van der Waals surface area contributed by atoms with Gasteiger partial charge in [0.15, 0.2) is 5.96 Å². The van der Waals surface area contributed by atoms with Gasteiger partial charge in [0.1, 0.15) is 0 Å². The van der Waals surface area contributed by atoms with Crippen LogP contribution in [0.3, 0.4) is 0 Å². The number of nitrogens with two attached hydrogens (primary N) is 2. The van der Waals surface area contributed by atoms with Crippen LogP contribution in [0.1, 0.15) is 29.3 Å². The van der Waals surface area contributed by atoms with E-state index in [2.05, 4.69) is 4.99 Å². The third-order valence-electron chi connectivity index (χ3n) is 4.54. The van der Waals surface area contributed by atoms with Crippen molar-refractivity contribution in [1.82, 2.24) is 4.90 Å². The van der Waals surface area contributed by atoms with Gasteiger partial charge in [-0.1, -0.05) is 30.3 Å². The summed E-state index contributed by atoms with van der Waals surface area (Å²) in [4.78, 5) is 29.5. The Morgan fingerprint density at radius 3 is 2.44 bits per heavy atom. The van der Waals surface area contributed by atoms with E-state index in [0.29, 0.717) is 5.56 Å². The Labute approximate surface area is 146 Å². The number of hydrogen-bond donors (Lipinski definition) is 2. The van der Waals surface area contributed by atoms with E-state index in [9.17, 15) is 9.59 Å². The summed E-state index contributed by atoms with van der Waals surface area (Å²) in [6.07, 6.45) is 0.245. The van der Waals surface area contributed by atoms with Crippen LogP contribution in [0.2, 0.25) is 0 Å². The molecule has 0 aromatic heterocycles. The second-order valence-corrected chi connectivity index (χ2v) is 6.40. The van der Waals surface area contributed by atoms with E-state index in [4.69, 9.17) is 11.5 Å². The van der Waals surface area contributed by atoms with Crippen LogP contribution in [0, 0.1) is 0 Å². The van der Waals surface area contributed by atoms with Crippen molar-refractivity contribution >= 4 is 17.8 Å². The first-order chi connectivity index (χ1) is 11.8. The molecule has 2 aromatic carbocycles. The van der Waals surface area contributed by atoms with E-state index in [-0.39, 0.29) is 18.3 Å². The predicted molar refractivity (Wildman–Crippen MR) is 96.8 cm³/mol. The summed E-state index contributed by atoms with van der Waals surface area (Å²) in [6, 6.07) is 14.9. The fraction of sp³-hybridized carbons (Fsp3) is 0.211. The van der Waals surface area contributed by atoms with Crippen molar-refractivity contribution in [3.05, 3.63) is 59.7 Å². The Kier molecular flexibility index (Phi) is 4.04. The number of rotatable bonds is 3. The quantitative estimate of drug-likeness (QED) is 0.894. The lowest BCUT2D eigenvalue weighted by molar-refractivity contribution is -0.128. The van der Waals surface area contributed by atoms with Crippen molar-refractivity contribution in [3.63, 3.8) is 0 Å². The summed E-state index contributed by atoms with van der Waals surface area (Å²) >= 11 is 0. The Morgan fingerprint density at radius 2 is 1.80 bits per heavy atom. The highest BCUT2D eigenvalue weighted by Gasteiger charge is 2.36. The summed E-state index contributed by atoms with van der Waals surface area (Å²) < 4.78 is 0. The Hall–Kier alpha value is -3.15. The predicted octanol–water partition coefficient (Wildman–Crippen LogP) is 1.84. The molecule has 0 aliphatic carbocycles. The molecule has 1 unspecified atom stereocenters. The summed E-state index contributed by atoms with van der Waals surface area (Å²) in [5.74, 6) is -0.334. The summed E-state index contributed by atoms with van der Waals surface area (Å²) in [6.45, 7) is 1.89. The van der Waals surface area contributed by atoms with Gasteiger partial charge in [-0.25, -0.2) is 4.99 Å². The SMILES string of the molecule is CN1C(=O)CC(C)(c2cccc(-c3cccc(C(N)=O)c3)c2)N=C1N. The number of guanidine groups is 1. The topological polar surface area (TPSA) is 102 Å². The second kappa shape index (κ2) is 6.05. The molecule has 128 valence electrons. The normalized spacial score (nSPS) is 20.3. The van der Waals surface area contributed by atoms with Crippen LogP contribution < -0.4 is 11.5 Å². The van der Waals surface area contributed by atoms with Crippen LogP contribution >= 0.6 is 0 Å². The molecule has 0 spiro atoms. The molecule has 6 heteroatoms. The van der Waals surface area contributed by atoms with Crippen LogP contribution in [0.5, 0.6) is 0 Å². The molecule has 2 aromatic rings. The van der Waals surface area contributed by atoms with Gasteiger partial charge in [0.05, 0.1) is 12.0 Å². The lowest BCUT2D eigenvalue weighted by Gasteiger charge is -2.33. The van der Waals surface area contributed by atoms with Crippen LogP contribution in [0.15, 0.2) is 53.5 Å². The minimum Gasteiger partial charge on any atom is -0.369 e. The van der Waals surface area contributed by atoms with E-state index in [1.54, 1.807) is 25.2 Å². The number of aliphatic imine (C=N–C) groups is 1. The van der Waals surface area contributed by atoms with Crippen molar-refractivity contribution < 1.29 is 9.59 Å². The highest BCUT2D eigenvalue weighted by molar-refractivity contribution is 5.99. The van der Waals surface area contributed by atoms with Gasteiger partial charge in [0.2, 0.25) is 11.8 Å². The monoisotopic (exact) mass is 336 g/mol. The van der Waals surface area contributed by atoms with Gasteiger partial charge in [0, 0.05) is 12.6 Å². The zero-order valence-electron chi connectivity index (χ0n) is 14.2. The van der Waals surface area contributed by atoms with Crippen molar-refractivity contribution in [2.75, 3.05) is 7.05 Å². The number of hydrogen-bond acceptors (Lipinski definition) is 4. The average molecular weight is 336 g/mol. The Morgan fingerprint density at radius 1 is 1.16 bits per heavy atom. The van der Waals surface area contributed by atoms with Gasteiger partial charge in [-0.05, 0) is 41.8 Å². The molecular weight excluding hydrogens is 316 g/mol. The standard InChI is InChI=1S/C19H20N4O2/c1-19(11-16(24)23(2)18(21)22-19)15-8-4-6-13(10-15)12-5-3-7-14(9-12)17(20)25/h3-10H,11H2,1-2H3,(H2,20,25)(H2,21,22). The van der Waals surface area contributed by atoms with Gasteiger partial charge in [-0.3, -0.25) is 14.5 Å². The lowest BCUT2D eigenvalue weighted by Crippen LogP contribution is -2.47. The lowest BCUT2D eigenvalue weighted by atomic mass is 9.86. The number of amides is 2. The maximum atomic E-state index is 12.2. The molecule has 1 heterocycles. The smallest absolute Gasteiger partial charge is 0.248 e. The summed E-state index contributed by atoms with van der Waals surface area (Å²) in [5, 5.41) is 0. The van der Waals surface area contributed by atoms with Crippen molar-refractivity contribution in [1.29, 1.82) is 0 Å². The fourth-order valence-corrected chi connectivity index (χ4v) is 2.96. The Balaban J connectivity index is 2.04. The van der Waals surface area contributed by atoms with Crippen LogP contribution in [-0.2, 0) is 10.3 Å². The number of primary amides is 1. The van der Waals surface area contributed by atoms with Crippen LogP contribution in [0.25, 0.3) is 11.1 Å². The van der Waals surface area contributed by atoms with E-state index >= 15 is 0 Å².